The summed E-state index contributed by atoms with van der Waals surface area (Å²) in [5.74, 6) is -0.0934. The summed E-state index contributed by atoms with van der Waals surface area (Å²) >= 11 is 5.61. The first-order valence-corrected chi connectivity index (χ1v) is 6.80. The van der Waals surface area contributed by atoms with Crippen molar-refractivity contribution in [2.24, 2.45) is 0 Å². The van der Waals surface area contributed by atoms with Crippen molar-refractivity contribution in [3.63, 3.8) is 0 Å². The molecule has 1 aromatic rings. The molecule has 0 fully saturated rings. The van der Waals surface area contributed by atoms with Crippen LogP contribution < -0.4 is 4.90 Å². The third kappa shape index (κ3) is 2.56. The van der Waals surface area contributed by atoms with E-state index < -0.39 is 5.91 Å². The predicted octanol–water partition coefficient (Wildman–Crippen LogP) is 3.02. The van der Waals surface area contributed by atoms with Crippen LogP contribution in [0.1, 0.15) is 36.0 Å². The lowest BCUT2D eigenvalue weighted by molar-refractivity contribution is -0.114. The maximum absolute atomic E-state index is 11.8. The van der Waals surface area contributed by atoms with Crippen LogP contribution in [0.15, 0.2) is 24.3 Å². The Balaban J connectivity index is 1.97. The molecule has 0 saturated carbocycles. The molecule has 1 heterocycles. The highest BCUT2D eigenvalue weighted by molar-refractivity contribution is 6.52. The fraction of sp³-hybridized carbons (Fsp3) is 0.429. The Bertz CT molecular complexity index is 459. The zero-order chi connectivity index (χ0) is 13.0. The van der Waals surface area contributed by atoms with E-state index in [0.29, 0.717) is 18.0 Å². The minimum absolute atomic E-state index is 0.383. The van der Waals surface area contributed by atoms with Crippen LogP contribution in [0, 0.1) is 0 Å². The monoisotopic (exact) mass is 265 g/mol. The van der Waals surface area contributed by atoms with E-state index in [0.717, 1.165) is 31.4 Å². The Labute approximate surface area is 112 Å². The second-order valence-electron chi connectivity index (χ2n) is 4.41. The number of nitrogens with zero attached hydrogens (tertiary/aromatic N) is 1. The molecular weight excluding hydrogens is 250 g/mol. The number of unbranched alkanes of at least 4 members (excludes halogenated alkanes) is 3. The topological polar surface area (TPSA) is 37.4 Å². The summed E-state index contributed by atoms with van der Waals surface area (Å²) in [5, 5.41) is 0. The number of carbonyl (C=O) groups excluding carboxylic acids is 2. The maximum atomic E-state index is 11.8. The van der Waals surface area contributed by atoms with Crippen molar-refractivity contribution in [1.82, 2.24) is 0 Å². The van der Waals surface area contributed by atoms with Crippen LogP contribution in [0.4, 0.5) is 5.69 Å². The molecule has 0 atom stereocenters. The molecular formula is C14H16ClNO2. The lowest BCUT2D eigenvalue weighted by Crippen LogP contribution is -2.30. The summed E-state index contributed by atoms with van der Waals surface area (Å²) < 4.78 is 0. The molecule has 0 radical (unpaired) electrons. The fourth-order valence-corrected chi connectivity index (χ4v) is 2.38. The third-order valence-electron chi connectivity index (χ3n) is 3.14. The molecule has 4 heteroatoms. The van der Waals surface area contributed by atoms with E-state index in [1.165, 1.54) is 0 Å². The number of Topliss-reactive ketones (excluding diaryl/α,β-unsaturated/α-hetero) is 1. The minimum Gasteiger partial charge on any atom is -0.305 e. The van der Waals surface area contributed by atoms with Crippen molar-refractivity contribution in [2.45, 2.75) is 25.7 Å². The van der Waals surface area contributed by atoms with Crippen molar-refractivity contribution < 1.29 is 9.59 Å². The van der Waals surface area contributed by atoms with Gasteiger partial charge in [-0.25, -0.2) is 0 Å². The predicted molar refractivity (Wildman–Crippen MR) is 72.3 cm³/mol. The summed E-state index contributed by atoms with van der Waals surface area (Å²) in [6, 6.07) is 7.18. The van der Waals surface area contributed by atoms with Gasteiger partial charge in [-0.05, 0) is 25.0 Å². The van der Waals surface area contributed by atoms with E-state index in [9.17, 15) is 9.59 Å². The molecule has 2 rings (SSSR count). The first kappa shape index (κ1) is 13.1. The van der Waals surface area contributed by atoms with Gasteiger partial charge >= 0.3 is 0 Å². The van der Waals surface area contributed by atoms with Crippen molar-refractivity contribution in [3.05, 3.63) is 29.8 Å². The molecule has 1 aliphatic heterocycles. The second kappa shape index (κ2) is 6.01. The molecule has 0 N–H and O–H groups in total. The smallest absolute Gasteiger partial charge is 0.299 e. The van der Waals surface area contributed by atoms with Crippen LogP contribution in [-0.4, -0.2) is 24.1 Å². The summed E-state index contributed by atoms with van der Waals surface area (Å²) in [6.07, 6.45) is 4.02. The van der Waals surface area contributed by atoms with Crippen LogP contribution in [0.3, 0.4) is 0 Å². The fourth-order valence-electron chi connectivity index (χ4n) is 2.19. The zero-order valence-electron chi connectivity index (χ0n) is 10.2. The number of ketones is 1. The Morgan fingerprint density at radius 1 is 1.00 bits per heavy atom. The SMILES string of the molecule is O=C1C(=O)N(CCCCCCCl)c2ccccc21. The van der Waals surface area contributed by atoms with Gasteiger partial charge in [0.05, 0.1) is 11.3 Å². The van der Waals surface area contributed by atoms with Gasteiger partial charge in [0.1, 0.15) is 0 Å². The van der Waals surface area contributed by atoms with Crippen LogP contribution in [-0.2, 0) is 4.79 Å². The molecule has 3 nitrogen and oxygen atoms in total. The number of alkyl halides is 1. The van der Waals surface area contributed by atoms with Crippen LogP contribution in [0.25, 0.3) is 0 Å². The van der Waals surface area contributed by atoms with Gasteiger partial charge in [-0.2, -0.15) is 0 Å². The molecule has 18 heavy (non-hydrogen) atoms. The third-order valence-corrected chi connectivity index (χ3v) is 3.41. The molecule has 0 saturated heterocycles. The van der Waals surface area contributed by atoms with E-state index in [1.807, 2.05) is 12.1 Å². The molecule has 96 valence electrons. The molecule has 0 unspecified atom stereocenters. The molecule has 0 aromatic heterocycles. The minimum atomic E-state index is -0.395. The zero-order valence-corrected chi connectivity index (χ0v) is 10.9. The number of anilines is 1. The Morgan fingerprint density at radius 2 is 1.72 bits per heavy atom. The maximum Gasteiger partial charge on any atom is 0.299 e. The number of hydrogen-bond donors (Lipinski definition) is 0. The molecule has 0 bridgehead atoms. The lowest BCUT2D eigenvalue weighted by atomic mass is 10.1. The van der Waals surface area contributed by atoms with Crippen LogP contribution in [0.5, 0.6) is 0 Å². The van der Waals surface area contributed by atoms with E-state index in [-0.39, 0.29) is 5.78 Å². The summed E-state index contributed by atoms with van der Waals surface area (Å²) in [4.78, 5) is 25.2. The average molecular weight is 266 g/mol. The van der Waals surface area contributed by atoms with E-state index in [1.54, 1.807) is 17.0 Å². The van der Waals surface area contributed by atoms with Crippen molar-refractivity contribution in [3.8, 4) is 0 Å². The number of carbonyl (C=O) groups is 2. The quantitative estimate of drug-likeness (QED) is 0.450. The van der Waals surface area contributed by atoms with Gasteiger partial charge in [0, 0.05) is 12.4 Å². The van der Waals surface area contributed by atoms with Crippen molar-refractivity contribution in [2.75, 3.05) is 17.3 Å². The standard InChI is InChI=1S/C14H16ClNO2/c15-9-5-1-2-6-10-16-12-8-4-3-7-11(12)13(17)14(16)18/h3-4,7-8H,1-2,5-6,9-10H2. The number of amides is 1. The first-order valence-electron chi connectivity index (χ1n) is 6.27. The van der Waals surface area contributed by atoms with E-state index in [2.05, 4.69) is 0 Å². The Morgan fingerprint density at radius 3 is 2.50 bits per heavy atom. The van der Waals surface area contributed by atoms with Gasteiger partial charge in [-0.3, -0.25) is 9.59 Å². The summed E-state index contributed by atoms with van der Waals surface area (Å²) in [5.41, 5.74) is 1.29. The van der Waals surface area contributed by atoms with Crippen LogP contribution >= 0.6 is 11.6 Å². The van der Waals surface area contributed by atoms with Gasteiger partial charge < -0.3 is 4.90 Å². The lowest BCUT2D eigenvalue weighted by Gasteiger charge is -2.15. The van der Waals surface area contributed by atoms with Gasteiger partial charge in [-0.15, -0.1) is 11.6 Å². The van der Waals surface area contributed by atoms with Crippen molar-refractivity contribution >= 4 is 29.0 Å². The highest BCUT2D eigenvalue weighted by atomic mass is 35.5. The summed E-state index contributed by atoms with van der Waals surface area (Å²) in [6.45, 7) is 0.615. The Kier molecular flexibility index (Phi) is 4.37. The van der Waals surface area contributed by atoms with Gasteiger partial charge in [0.15, 0.2) is 0 Å². The van der Waals surface area contributed by atoms with E-state index >= 15 is 0 Å². The molecule has 1 amide bonds. The number of fused-ring (bicyclic) bond motifs is 1. The number of rotatable bonds is 6. The number of halogens is 1. The molecule has 0 spiro atoms. The summed E-state index contributed by atoms with van der Waals surface area (Å²) in [7, 11) is 0. The number of benzene rings is 1. The molecule has 0 aliphatic carbocycles. The van der Waals surface area contributed by atoms with Gasteiger partial charge in [-0.1, -0.05) is 25.0 Å². The number of hydrogen-bond acceptors (Lipinski definition) is 2. The van der Waals surface area contributed by atoms with Crippen molar-refractivity contribution in [1.29, 1.82) is 0 Å². The van der Waals surface area contributed by atoms with Gasteiger partial charge in [0.25, 0.3) is 11.7 Å². The first-order chi connectivity index (χ1) is 8.75. The van der Waals surface area contributed by atoms with E-state index in [4.69, 9.17) is 11.6 Å². The molecule has 1 aromatic carbocycles. The highest BCUT2D eigenvalue weighted by Gasteiger charge is 2.34. The van der Waals surface area contributed by atoms with Gasteiger partial charge in [0.2, 0.25) is 0 Å². The molecule has 1 aliphatic rings. The average Bonchev–Trinajstić information content (AvgIpc) is 2.64. The second-order valence-corrected chi connectivity index (χ2v) is 4.78. The largest absolute Gasteiger partial charge is 0.305 e. The highest BCUT2D eigenvalue weighted by Crippen LogP contribution is 2.28. The van der Waals surface area contributed by atoms with Crippen LogP contribution in [0.2, 0.25) is 0 Å². The Hall–Kier alpha value is -1.35. The normalized spacial score (nSPS) is 14.2. The number of para-hydroxylation sites is 1.